The SMILES string of the molecule is CCc1cccc(C)c1NC(=O)[C@@H](C(C)C)N1C(=O)c2ccccc2C1=O. The first kappa shape index (κ1) is 18.8. The fraction of sp³-hybridized carbons (Fsp3) is 0.318. The summed E-state index contributed by atoms with van der Waals surface area (Å²) in [6, 6.07) is 11.7. The number of hydrogen-bond donors (Lipinski definition) is 1. The molecule has 1 heterocycles. The lowest BCUT2D eigenvalue weighted by molar-refractivity contribution is -0.121. The molecule has 0 aromatic heterocycles. The van der Waals surface area contributed by atoms with Crippen molar-refractivity contribution in [2.24, 2.45) is 5.92 Å². The van der Waals surface area contributed by atoms with Crippen molar-refractivity contribution in [3.8, 4) is 0 Å². The van der Waals surface area contributed by atoms with Gasteiger partial charge in [-0.3, -0.25) is 19.3 Å². The van der Waals surface area contributed by atoms with Gasteiger partial charge in [0, 0.05) is 5.69 Å². The Hall–Kier alpha value is -2.95. The summed E-state index contributed by atoms with van der Waals surface area (Å²) in [4.78, 5) is 39.9. The van der Waals surface area contributed by atoms with Gasteiger partial charge in [0.2, 0.25) is 5.91 Å². The van der Waals surface area contributed by atoms with E-state index >= 15 is 0 Å². The van der Waals surface area contributed by atoms with Gasteiger partial charge in [-0.1, -0.05) is 51.1 Å². The number of para-hydroxylation sites is 1. The van der Waals surface area contributed by atoms with Crippen LogP contribution in [0.2, 0.25) is 0 Å². The highest BCUT2D eigenvalue weighted by molar-refractivity contribution is 6.23. The summed E-state index contributed by atoms with van der Waals surface area (Å²) in [7, 11) is 0. The van der Waals surface area contributed by atoms with Crippen molar-refractivity contribution in [2.45, 2.75) is 40.2 Å². The molecule has 0 bridgehead atoms. The van der Waals surface area contributed by atoms with Crippen molar-refractivity contribution in [1.29, 1.82) is 0 Å². The number of carbonyl (C=O) groups is 3. The van der Waals surface area contributed by atoms with Crippen LogP contribution in [0.5, 0.6) is 0 Å². The number of anilines is 1. The molecule has 27 heavy (non-hydrogen) atoms. The number of aryl methyl sites for hydroxylation is 2. The molecule has 0 saturated heterocycles. The maximum Gasteiger partial charge on any atom is 0.262 e. The fourth-order valence-electron chi connectivity index (χ4n) is 3.58. The molecule has 0 fully saturated rings. The summed E-state index contributed by atoms with van der Waals surface area (Å²) in [6.07, 6.45) is 0.774. The third-order valence-corrected chi connectivity index (χ3v) is 4.99. The number of imide groups is 1. The second-order valence-electron chi connectivity index (χ2n) is 7.17. The molecule has 5 heteroatoms. The third kappa shape index (κ3) is 3.25. The van der Waals surface area contributed by atoms with Crippen molar-refractivity contribution in [2.75, 3.05) is 5.32 Å². The Morgan fingerprint density at radius 3 is 2.11 bits per heavy atom. The molecule has 5 nitrogen and oxygen atoms in total. The number of nitrogens with one attached hydrogen (secondary N) is 1. The zero-order valence-corrected chi connectivity index (χ0v) is 16.1. The quantitative estimate of drug-likeness (QED) is 0.820. The van der Waals surface area contributed by atoms with Gasteiger partial charge in [0.05, 0.1) is 11.1 Å². The second-order valence-corrected chi connectivity index (χ2v) is 7.17. The summed E-state index contributed by atoms with van der Waals surface area (Å²) < 4.78 is 0. The highest BCUT2D eigenvalue weighted by Gasteiger charge is 2.44. The van der Waals surface area contributed by atoms with E-state index < -0.39 is 17.9 Å². The zero-order valence-electron chi connectivity index (χ0n) is 16.1. The number of benzene rings is 2. The summed E-state index contributed by atoms with van der Waals surface area (Å²) in [5, 5.41) is 2.97. The first-order valence-electron chi connectivity index (χ1n) is 9.23. The highest BCUT2D eigenvalue weighted by atomic mass is 16.2. The highest BCUT2D eigenvalue weighted by Crippen LogP contribution is 2.29. The van der Waals surface area contributed by atoms with Crippen LogP contribution in [0.15, 0.2) is 42.5 Å². The topological polar surface area (TPSA) is 66.5 Å². The molecule has 1 N–H and O–H groups in total. The average molecular weight is 364 g/mol. The molecule has 2 aromatic rings. The number of rotatable bonds is 5. The van der Waals surface area contributed by atoms with Crippen LogP contribution >= 0.6 is 0 Å². The van der Waals surface area contributed by atoms with E-state index in [1.165, 1.54) is 0 Å². The Morgan fingerprint density at radius 1 is 1.00 bits per heavy atom. The monoisotopic (exact) mass is 364 g/mol. The van der Waals surface area contributed by atoms with E-state index in [9.17, 15) is 14.4 Å². The Kier molecular flexibility index (Phi) is 5.13. The van der Waals surface area contributed by atoms with Crippen LogP contribution in [0.25, 0.3) is 0 Å². The third-order valence-electron chi connectivity index (χ3n) is 4.99. The van der Waals surface area contributed by atoms with Gasteiger partial charge in [-0.05, 0) is 42.5 Å². The average Bonchev–Trinajstić information content (AvgIpc) is 2.89. The van der Waals surface area contributed by atoms with E-state index in [0.29, 0.717) is 11.1 Å². The van der Waals surface area contributed by atoms with Gasteiger partial charge in [-0.2, -0.15) is 0 Å². The summed E-state index contributed by atoms with van der Waals surface area (Å²) in [5.41, 5.74) is 3.44. The van der Waals surface area contributed by atoms with E-state index in [2.05, 4.69) is 5.32 Å². The van der Waals surface area contributed by atoms with Crippen molar-refractivity contribution in [1.82, 2.24) is 4.90 Å². The smallest absolute Gasteiger partial charge is 0.262 e. The molecule has 1 aliphatic heterocycles. The molecule has 0 spiro atoms. The Labute approximate surface area is 159 Å². The van der Waals surface area contributed by atoms with Crippen LogP contribution in [0.3, 0.4) is 0 Å². The molecule has 0 aliphatic carbocycles. The molecular formula is C22H24N2O3. The summed E-state index contributed by atoms with van der Waals surface area (Å²) in [5.74, 6) is -1.39. The van der Waals surface area contributed by atoms with E-state index in [4.69, 9.17) is 0 Å². The number of carbonyl (C=O) groups excluding carboxylic acids is 3. The standard InChI is InChI=1S/C22H24N2O3/c1-5-15-10-8-9-14(4)18(15)23-20(25)19(13(2)3)24-21(26)16-11-6-7-12-17(16)22(24)27/h6-13,19H,5H2,1-4H3,(H,23,25)/t19-/m1/s1. The molecule has 0 saturated carbocycles. The predicted octanol–water partition coefficient (Wildman–Crippen LogP) is 3.82. The summed E-state index contributed by atoms with van der Waals surface area (Å²) in [6.45, 7) is 7.63. The van der Waals surface area contributed by atoms with Gasteiger partial charge in [0.15, 0.2) is 0 Å². The maximum absolute atomic E-state index is 13.1. The molecule has 3 amide bonds. The molecule has 140 valence electrons. The van der Waals surface area contributed by atoms with E-state index in [1.54, 1.807) is 24.3 Å². The molecular weight excluding hydrogens is 340 g/mol. The van der Waals surface area contributed by atoms with Crippen LogP contribution in [-0.2, 0) is 11.2 Å². The molecule has 1 atom stereocenters. The Balaban J connectivity index is 1.95. The molecule has 2 aromatic carbocycles. The predicted molar refractivity (Wildman–Crippen MR) is 105 cm³/mol. The van der Waals surface area contributed by atoms with Crippen molar-refractivity contribution in [3.05, 3.63) is 64.7 Å². The van der Waals surface area contributed by atoms with Gasteiger partial charge >= 0.3 is 0 Å². The van der Waals surface area contributed by atoms with Gasteiger partial charge in [-0.15, -0.1) is 0 Å². The molecule has 1 aliphatic rings. The number of fused-ring (bicyclic) bond motifs is 1. The number of nitrogens with zero attached hydrogens (tertiary/aromatic N) is 1. The van der Waals surface area contributed by atoms with Crippen LogP contribution in [-0.4, -0.2) is 28.7 Å². The van der Waals surface area contributed by atoms with Gasteiger partial charge in [-0.25, -0.2) is 0 Å². The van der Waals surface area contributed by atoms with Crippen LogP contribution in [0, 0.1) is 12.8 Å². The number of amides is 3. The minimum atomic E-state index is -0.873. The molecule has 3 rings (SSSR count). The van der Waals surface area contributed by atoms with Crippen LogP contribution < -0.4 is 5.32 Å². The fourth-order valence-corrected chi connectivity index (χ4v) is 3.58. The van der Waals surface area contributed by atoms with Gasteiger partial charge < -0.3 is 5.32 Å². The van der Waals surface area contributed by atoms with Crippen molar-refractivity contribution >= 4 is 23.4 Å². The minimum Gasteiger partial charge on any atom is -0.324 e. The van der Waals surface area contributed by atoms with Crippen molar-refractivity contribution in [3.63, 3.8) is 0 Å². The molecule has 0 radical (unpaired) electrons. The lowest BCUT2D eigenvalue weighted by Gasteiger charge is -2.29. The van der Waals surface area contributed by atoms with Gasteiger partial charge in [0.1, 0.15) is 6.04 Å². The summed E-state index contributed by atoms with van der Waals surface area (Å²) >= 11 is 0. The van der Waals surface area contributed by atoms with Crippen LogP contribution in [0.1, 0.15) is 52.6 Å². The number of hydrogen-bond acceptors (Lipinski definition) is 3. The lowest BCUT2D eigenvalue weighted by atomic mass is 10.00. The van der Waals surface area contributed by atoms with Crippen molar-refractivity contribution < 1.29 is 14.4 Å². The van der Waals surface area contributed by atoms with Gasteiger partial charge in [0.25, 0.3) is 11.8 Å². The lowest BCUT2D eigenvalue weighted by Crippen LogP contribution is -2.50. The van der Waals surface area contributed by atoms with Crippen LogP contribution in [0.4, 0.5) is 5.69 Å². The largest absolute Gasteiger partial charge is 0.324 e. The Morgan fingerprint density at radius 2 is 1.59 bits per heavy atom. The van der Waals surface area contributed by atoms with E-state index in [1.807, 2.05) is 45.9 Å². The minimum absolute atomic E-state index is 0.221. The first-order valence-corrected chi connectivity index (χ1v) is 9.23. The van der Waals surface area contributed by atoms with E-state index in [0.717, 1.165) is 28.1 Å². The van der Waals surface area contributed by atoms with E-state index in [-0.39, 0.29) is 11.8 Å². The molecule has 0 unspecified atom stereocenters. The Bertz CT molecular complexity index is 883. The maximum atomic E-state index is 13.1. The normalized spacial score (nSPS) is 14.5. The second kappa shape index (κ2) is 7.35. The first-order chi connectivity index (χ1) is 12.9. The zero-order chi connectivity index (χ0) is 19.7.